The third-order valence-corrected chi connectivity index (χ3v) is 7.35. The van der Waals surface area contributed by atoms with Crippen molar-refractivity contribution in [1.29, 1.82) is 0 Å². The molecule has 1 heterocycles. The zero-order valence-electron chi connectivity index (χ0n) is 22.9. The van der Waals surface area contributed by atoms with E-state index >= 15 is 0 Å². The lowest BCUT2D eigenvalue weighted by Crippen LogP contribution is -2.46. The summed E-state index contributed by atoms with van der Waals surface area (Å²) in [5.41, 5.74) is 3.72. The van der Waals surface area contributed by atoms with Crippen LogP contribution in [0.15, 0.2) is 60.7 Å². The molecular formula is C32H36N2O5. The fraction of sp³-hybridized carbons (Fsp3) is 0.375. The number of ether oxygens (including phenoxy) is 3. The Hall–Kier alpha value is -4.00. The topological polar surface area (TPSA) is 77.1 Å². The van der Waals surface area contributed by atoms with Crippen LogP contribution in [-0.2, 0) is 4.79 Å². The first-order valence-electron chi connectivity index (χ1n) is 13.8. The molecule has 2 aliphatic rings. The third-order valence-electron chi connectivity index (χ3n) is 7.35. The summed E-state index contributed by atoms with van der Waals surface area (Å²) in [5.74, 6) is 1.37. The molecule has 0 unspecified atom stereocenters. The van der Waals surface area contributed by atoms with Gasteiger partial charge >= 0.3 is 0 Å². The fourth-order valence-electron chi connectivity index (χ4n) is 5.34. The van der Waals surface area contributed by atoms with Gasteiger partial charge in [0, 0.05) is 17.3 Å². The molecule has 1 aliphatic carbocycles. The highest BCUT2D eigenvalue weighted by molar-refractivity contribution is 6.10. The molecule has 0 bridgehead atoms. The number of fused-ring (bicyclic) bond motifs is 1. The van der Waals surface area contributed by atoms with Crippen molar-refractivity contribution in [2.24, 2.45) is 0 Å². The number of hydrogen-bond donors (Lipinski definition) is 1. The third kappa shape index (κ3) is 5.87. The first-order chi connectivity index (χ1) is 18.9. The molecule has 1 atom stereocenters. The Kier molecular flexibility index (Phi) is 8.05. The Balaban J connectivity index is 1.62. The lowest BCUT2D eigenvalue weighted by atomic mass is 9.99. The highest BCUT2D eigenvalue weighted by atomic mass is 16.6. The Morgan fingerprint density at radius 1 is 0.949 bits per heavy atom. The summed E-state index contributed by atoms with van der Waals surface area (Å²) in [5, 5.41) is 3.25. The van der Waals surface area contributed by atoms with Gasteiger partial charge in [0.1, 0.15) is 25.0 Å². The summed E-state index contributed by atoms with van der Waals surface area (Å²) in [7, 11) is 0. The molecule has 0 saturated heterocycles. The summed E-state index contributed by atoms with van der Waals surface area (Å²) in [6.07, 6.45) is 4.08. The minimum absolute atomic E-state index is 0.104. The summed E-state index contributed by atoms with van der Waals surface area (Å²) in [6, 6.07) is 17.8. The Morgan fingerprint density at radius 3 is 2.38 bits per heavy atom. The van der Waals surface area contributed by atoms with Crippen molar-refractivity contribution in [3.8, 4) is 17.2 Å². The van der Waals surface area contributed by atoms with Gasteiger partial charge in [-0.15, -0.1) is 0 Å². The van der Waals surface area contributed by atoms with Crippen LogP contribution in [0.3, 0.4) is 0 Å². The maximum atomic E-state index is 14.4. The predicted molar refractivity (Wildman–Crippen MR) is 151 cm³/mol. The van der Waals surface area contributed by atoms with E-state index in [4.69, 9.17) is 14.2 Å². The van der Waals surface area contributed by atoms with Crippen LogP contribution in [0, 0.1) is 13.8 Å². The van der Waals surface area contributed by atoms with Crippen LogP contribution in [0.2, 0.25) is 0 Å². The molecule has 0 spiro atoms. The monoisotopic (exact) mass is 528 g/mol. The first kappa shape index (κ1) is 26.6. The lowest BCUT2D eigenvalue weighted by molar-refractivity contribution is -0.123. The van der Waals surface area contributed by atoms with E-state index in [0.29, 0.717) is 53.9 Å². The highest BCUT2D eigenvalue weighted by Crippen LogP contribution is 2.36. The lowest BCUT2D eigenvalue weighted by Gasteiger charge is -2.34. The van der Waals surface area contributed by atoms with Gasteiger partial charge in [0.2, 0.25) is 5.91 Å². The van der Waals surface area contributed by atoms with Gasteiger partial charge in [-0.1, -0.05) is 37.1 Å². The van der Waals surface area contributed by atoms with Crippen LogP contribution in [0.5, 0.6) is 17.2 Å². The molecule has 3 aromatic rings. The zero-order chi connectivity index (χ0) is 27.4. The maximum absolute atomic E-state index is 14.4. The largest absolute Gasteiger partial charge is 0.494 e. The summed E-state index contributed by atoms with van der Waals surface area (Å²) >= 11 is 0. The van der Waals surface area contributed by atoms with Gasteiger partial charge in [0.25, 0.3) is 5.91 Å². The van der Waals surface area contributed by atoms with Crippen molar-refractivity contribution in [3.63, 3.8) is 0 Å². The SMILES string of the molecule is CCOc1ccc([C@@H](C(=O)NC2CCCC2)N(C(=O)c2ccc3c(c2)OCCO3)c2cc(C)ccc2C)cc1. The second-order valence-corrected chi connectivity index (χ2v) is 10.2. The molecule has 3 aromatic carbocycles. The van der Waals surface area contributed by atoms with Crippen LogP contribution < -0.4 is 24.4 Å². The van der Waals surface area contributed by atoms with Gasteiger partial charge in [0.05, 0.1) is 6.61 Å². The molecule has 7 nitrogen and oxygen atoms in total. The standard InChI is InChI=1S/C32H36N2O5/c1-4-37-26-14-11-23(12-15-26)30(31(35)33-25-7-5-6-8-25)34(27-19-21(2)9-10-22(27)3)32(36)24-13-16-28-29(20-24)39-18-17-38-28/h9-16,19-20,25,30H,4-8,17-18H2,1-3H3,(H,33,35)/t30-/m0/s1. The smallest absolute Gasteiger partial charge is 0.259 e. The van der Waals surface area contributed by atoms with Gasteiger partial charge in [-0.05, 0) is 86.7 Å². The molecule has 0 radical (unpaired) electrons. The average molecular weight is 529 g/mol. The van der Waals surface area contributed by atoms with E-state index in [-0.39, 0.29) is 17.9 Å². The van der Waals surface area contributed by atoms with Crippen LogP contribution in [0.1, 0.15) is 65.7 Å². The number of hydrogen-bond acceptors (Lipinski definition) is 5. The molecular weight excluding hydrogens is 492 g/mol. The molecule has 1 aliphatic heterocycles. The maximum Gasteiger partial charge on any atom is 0.259 e. The molecule has 2 amide bonds. The molecule has 39 heavy (non-hydrogen) atoms. The molecule has 5 rings (SSSR count). The van der Waals surface area contributed by atoms with Crippen LogP contribution in [0.4, 0.5) is 5.69 Å². The molecule has 1 saturated carbocycles. The van der Waals surface area contributed by atoms with E-state index in [1.807, 2.05) is 63.2 Å². The molecule has 1 fully saturated rings. The Bertz CT molecular complexity index is 1330. The van der Waals surface area contributed by atoms with E-state index in [1.54, 1.807) is 23.1 Å². The van der Waals surface area contributed by atoms with Crippen LogP contribution >= 0.6 is 0 Å². The molecule has 7 heteroatoms. The number of aryl methyl sites for hydroxylation is 2. The van der Waals surface area contributed by atoms with E-state index in [2.05, 4.69) is 5.32 Å². The van der Waals surface area contributed by atoms with E-state index in [1.165, 1.54) is 0 Å². The number of carbonyl (C=O) groups excluding carboxylic acids is 2. The second-order valence-electron chi connectivity index (χ2n) is 10.2. The number of amides is 2. The van der Waals surface area contributed by atoms with E-state index < -0.39 is 6.04 Å². The minimum Gasteiger partial charge on any atom is -0.494 e. The summed E-state index contributed by atoms with van der Waals surface area (Å²) < 4.78 is 17.1. The zero-order valence-corrected chi connectivity index (χ0v) is 22.9. The molecule has 0 aromatic heterocycles. The van der Waals surface area contributed by atoms with Gasteiger partial charge in [0.15, 0.2) is 11.5 Å². The Labute approximate surface area is 230 Å². The highest BCUT2D eigenvalue weighted by Gasteiger charge is 2.36. The van der Waals surface area contributed by atoms with Gasteiger partial charge in [-0.2, -0.15) is 0 Å². The quantitative estimate of drug-likeness (QED) is 0.393. The Morgan fingerprint density at radius 2 is 1.67 bits per heavy atom. The normalized spacial score (nSPS) is 15.5. The average Bonchev–Trinajstić information content (AvgIpc) is 3.46. The number of carbonyl (C=O) groups is 2. The number of rotatable bonds is 8. The van der Waals surface area contributed by atoms with Crippen molar-refractivity contribution >= 4 is 17.5 Å². The fourth-order valence-corrected chi connectivity index (χ4v) is 5.34. The van der Waals surface area contributed by atoms with E-state index in [0.717, 1.165) is 36.8 Å². The molecule has 204 valence electrons. The van der Waals surface area contributed by atoms with Crippen LogP contribution in [0.25, 0.3) is 0 Å². The second kappa shape index (κ2) is 11.8. The number of nitrogens with one attached hydrogen (secondary N) is 1. The van der Waals surface area contributed by atoms with Crippen molar-refractivity contribution in [2.45, 2.75) is 58.5 Å². The first-order valence-corrected chi connectivity index (χ1v) is 13.8. The van der Waals surface area contributed by atoms with E-state index in [9.17, 15) is 9.59 Å². The van der Waals surface area contributed by atoms with Crippen molar-refractivity contribution in [2.75, 3.05) is 24.7 Å². The van der Waals surface area contributed by atoms with Gasteiger partial charge in [-0.25, -0.2) is 0 Å². The van der Waals surface area contributed by atoms with Crippen LogP contribution in [-0.4, -0.2) is 37.7 Å². The summed E-state index contributed by atoms with van der Waals surface area (Å²) in [6.45, 7) is 7.31. The molecule has 1 N–H and O–H groups in total. The number of benzene rings is 3. The van der Waals surface area contributed by atoms with Crippen molar-refractivity contribution in [1.82, 2.24) is 5.32 Å². The van der Waals surface area contributed by atoms with Crippen molar-refractivity contribution in [3.05, 3.63) is 82.9 Å². The summed E-state index contributed by atoms with van der Waals surface area (Å²) in [4.78, 5) is 30.2. The minimum atomic E-state index is -0.887. The van der Waals surface area contributed by atoms with Crippen molar-refractivity contribution < 1.29 is 23.8 Å². The predicted octanol–water partition coefficient (Wildman–Crippen LogP) is 5.92. The van der Waals surface area contributed by atoms with Gasteiger partial charge in [-0.3, -0.25) is 14.5 Å². The van der Waals surface area contributed by atoms with Gasteiger partial charge < -0.3 is 19.5 Å². The number of anilines is 1. The number of nitrogens with zero attached hydrogens (tertiary/aromatic N) is 1.